The zero-order chi connectivity index (χ0) is 16.5. The van der Waals surface area contributed by atoms with Crippen molar-refractivity contribution in [3.8, 4) is 16.9 Å². The number of alkyl halides is 3. The van der Waals surface area contributed by atoms with Gasteiger partial charge in [0.1, 0.15) is 11.6 Å². The zero-order valence-corrected chi connectivity index (χ0v) is 11.2. The summed E-state index contributed by atoms with van der Waals surface area (Å²) in [6.45, 7) is 0. The summed E-state index contributed by atoms with van der Waals surface area (Å²) in [5, 5.41) is 9.00. The van der Waals surface area contributed by atoms with Crippen molar-refractivity contribution in [1.29, 1.82) is 0 Å². The van der Waals surface area contributed by atoms with Gasteiger partial charge in [-0.1, -0.05) is 12.1 Å². The Morgan fingerprint density at radius 2 is 1.86 bits per heavy atom. The van der Waals surface area contributed by atoms with Crippen LogP contribution in [0.15, 0.2) is 36.4 Å². The number of carbonyl (C=O) groups is 1. The lowest BCUT2D eigenvalue weighted by atomic mass is 9.99. The number of carboxylic acid groups (broad SMARTS) is 1. The van der Waals surface area contributed by atoms with E-state index in [2.05, 4.69) is 0 Å². The van der Waals surface area contributed by atoms with E-state index in [0.717, 1.165) is 18.2 Å². The predicted molar refractivity (Wildman–Crippen MR) is 70.3 cm³/mol. The molecule has 2 aromatic rings. The molecule has 2 rings (SSSR count). The molecular weight excluding hydrogens is 304 g/mol. The Morgan fingerprint density at radius 1 is 1.18 bits per heavy atom. The highest BCUT2D eigenvalue weighted by molar-refractivity contribution is 5.90. The third kappa shape index (κ3) is 3.03. The minimum Gasteiger partial charge on any atom is -0.497 e. The zero-order valence-electron chi connectivity index (χ0n) is 11.2. The fourth-order valence-electron chi connectivity index (χ4n) is 1.97. The van der Waals surface area contributed by atoms with Crippen LogP contribution in [0.2, 0.25) is 0 Å². The van der Waals surface area contributed by atoms with Gasteiger partial charge in [0, 0.05) is 5.56 Å². The molecule has 0 radical (unpaired) electrons. The molecule has 22 heavy (non-hydrogen) atoms. The first-order valence-corrected chi connectivity index (χ1v) is 6.02. The molecule has 0 heterocycles. The molecule has 0 spiro atoms. The Hall–Kier alpha value is -2.57. The van der Waals surface area contributed by atoms with E-state index < -0.39 is 23.5 Å². The standard InChI is InChI=1S/C15H10F4O3/c1-22-10-6-8(5-9(7-10)14(20)21)11-3-2-4-12(13(11)16)15(17,18)19/h2-7H,1H3,(H,20,21). The van der Waals surface area contributed by atoms with Crippen LogP contribution in [0.5, 0.6) is 5.75 Å². The van der Waals surface area contributed by atoms with Gasteiger partial charge in [0.05, 0.1) is 18.2 Å². The first kappa shape index (κ1) is 15.8. The van der Waals surface area contributed by atoms with E-state index in [-0.39, 0.29) is 22.4 Å². The number of rotatable bonds is 3. The minimum absolute atomic E-state index is 0.0136. The monoisotopic (exact) mass is 314 g/mol. The first-order chi connectivity index (χ1) is 10.2. The number of carboxylic acids is 1. The Labute approximate surface area is 122 Å². The number of hydrogen-bond donors (Lipinski definition) is 1. The molecule has 7 heteroatoms. The van der Waals surface area contributed by atoms with Crippen LogP contribution in [0.3, 0.4) is 0 Å². The van der Waals surface area contributed by atoms with E-state index in [4.69, 9.17) is 9.84 Å². The van der Waals surface area contributed by atoms with Crippen molar-refractivity contribution in [1.82, 2.24) is 0 Å². The highest BCUT2D eigenvalue weighted by Gasteiger charge is 2.35. The van der Waals surface area contributed by atoms with Crippen LogP contribution in [-0.2, 0) is 6.18 Å². The summed E-state index contributed by atoms with van der Waals surface area (Å²) in [6.07, 6.45) is -4.84. The van der Waals surface area contributed by atoms with Crippen LogP contribution in [0, 0.1) is 5.82 Å². The van der Waals surface area contributed by atoms with E-state index >= 15 is 0 Å². The van der Waals surface area contributed by atoms with Crippen molar-refractivity contribution in [3.05, 3.63) is 53.3 Å². The summed E-state index contributed by atoms with van der Waals surface area (Å²) < 4.78 is 57.2. The maximum Gasteiger partial charge on any atom is 0.419 e. The fourth-order valence-corrected chi connectivity index (χ4v) is 1.97. The average Bonchev–Trinajstić information content (AvgIpc) is 2.45. The number of halogens is 4. The number of methoxy groups -OCH3 is 1. The molecule has 116 valence electrons. The molecule has 0 aliphatic carbocycles. The molecule has 3 nitrogen and oxygen atoms in total. The first-order valence-electron chi connectivity index (χ1n) is 6.02. The maximum atomic E-state index is 14.1. The summed E-state index contributed by atoms with van der Waals surface area (Å²) in [5.41, 5.74) is -1.99. The Kier molecular flexibility index (Phi) is 4.07. The molecule has 0 aromatic heterocycles. The molecule has 0 saturated heterocycles. The Bertz CT molecular complexity index is 723. The highest BCUT2D eigenvalue weighted by Crippen LogP contribution is 2.36. The molecule has 0 bridgehead atoms. The molecule has 2 aromatic carbocycles. The van der Waals surface area contributed by atoms with Crippen LogP contribution in [-0.4, -0.2) is 18.2 Å². The average molecular weight is 314 g/mol. The van der Waals surface area contributed by atoms with Crippen molar-refractivity contribution in [2.45, 2.75) is 6.18 Å². The van der Waals surface area contributed by atoms with Crippen LogP contribution in [0.25, 0.3) is 11.1 Å². The summed E-state index contributed by atoms with van der Waals surface area (Å²) in [5.74, 6) is -2.65. The largest absolute Gasteiger partial charge is 0.497 e. The highest BCUT2D eigenvalue weighted by atomic mass is 19.4. The second kappa shape index (κ2) is 5.67. The topological polar surface area (TPSA) is 46.5 Å². The lowest BCUT2D eigenvalue weighted by molar-refractivity contribution is -0.139. The smallest absolute Gasteiger partial charge is 0.419 e. The van der Waals surface area contributed by atoms with Gasteiger partial charge >= 0.3 is 12.1 Å². The number of ether oxygens (including phenoxy) is 1. The fraction of sp³-hybridized carbons (Fsp3) is 0.133. The molecule has 0 fully saturated rings. The van der Waals surface area contributed by atoms with Gasteiger partial charge in [-0.3, -0.25) is 0 Å². The summed E-state index contributed by atoms with van der Waals surface area (Å²) in [7, 11) is 1.27. The van der Waals surface area contributed by atoms with Gasteiger partial charge < -0.3 is 9.84 Å². The molecule has 0 saturated carbocycles. The summed E-state index contributed by atoms with van der Waals surface area (Å²) >= 11 is 0. The van der Waals surface area contributed by atoms with E-state index in [1.165, 1.54) is 19.2 Å². The van der Waals surface area contributed by atoms with Crippen molar-refractivity contribution in [2.75, 3.05) is 7.11 Å². The van der Waals surface area contributed by atoms with E-state index in [1.807, 2.05) is 0 Å². The number of aromatic carboxylic acids is 1. The maximum absolute atomic E-state index is 14.1. The summed E-state index contributed by atoms with van der Waals surface area (Å²) in [6, 6.07) is 6.37. The SMILES string of the molecule is COc1cc(C(=O)O)cc(-c2cccc(C(F)(F)F)c2F)c1. The van der Waals surface area contributed by atoms with Crippen molar-refractivity contribution < 1.29 is 32.2 Å². The van der Waals surface area contributed by atoms with Gasteiger partial charge in [0.2, 0.25) is 0 Å². The normalized spacial score (nSPS) is 11.3. The van der Waals surface area contributed by atoms with Gasteiger partial charge in [0.15, 0.2) is 0 Å². The number of hydrogen-bond acceptors (Lipinski definition) is 2. The minimum atomic E-state index is -4.84. The van der Waals surface area contributed by atoms with Gasteiger partial charge in [0.25, 0.3) is 0 Å². The number of benzene rings is 2. The van der Waals surface area contributed by atoms with Gasteiger partial charge in [-0.25, -0.2) is 9.18 Å². The Morgan fingerprint density at radius 3 is 2.41 bits per heavy atom. The molecule has 1 N–H and O–H groups in total. The molecule has 0 atom stereocenters. The molecule has 0 aliphatic heterocycles. The molecule has 0 aliphatic rings. The van der Waals surface area contributed by atoms with Crippen LogP contribution in [0.4, 0.5) is 17.6 Å². The third-order valence-electron chi connectivity index (χ3n) is 3.00. The van der Waals surface area contributed by atoms with Crippen LogP contribution < -0.4 is 4.74 Å². The van der Waals surface area contributed by atoms with Gasteiger partial charge in [-0.05, 0) is 29.8 Å². The molecule has 0 amide bonds. The van der Waals surface area contributed by atoms with Gasteiger partial charge in [-0.15, -0.1) is 0 Å². The second-order valence-electron chi connectivity index (χ2n) is 4.42. The van der Waals surface area contributed by atoms with Crippen molar-refractivity contribution >= 4 is 5.97 Å². The van der Waals surface area contributed by atoms with Crippen LogP contribution in [0.1, 0.15) is 15.9 Å². The van der Waals surface area contributed by atoms with Crippen molar-refractivity contribution in [3.63, 3.8) is 0 Å². The Balaban J connectivity index is 2.67. The molecule has 0 unspecified atom stereocenters. The predicted octanol–water partition coefficient (Wildman–Crippen LogP) is 4.22. The third-order valence-corrected chi connectivity index (χ3v) is 3.00. The van der Waals surface area contributed by atoms with E-state index in [1.54, 1.807) is 0 Å². The summed E-state index contributed by atoms with van der Waals surface area (Å²) in [4.78, 5) is 11.0. The van der Waals surface area contributed by atoms with Gasteiger partial charge in [-0.2, -0.15) is 13.2 Å². The lowest BCUT2D eigenvalue weighted by Crippen LogP contribution is -2.09. The quantitative estimate of drug-likeness (QED) is 0.863. The second-order valence-corrected chi connectivity index (χ2v) is 4.42. The lowest BCUT2D eigenvalue weighted by Gasteiger charge is -2.12. The van der Waals surface area contributed by atoms with Crippen molar-refractivity contribution in [2.24, 2.45) is 0 Å². The molecular formula is C15H10F4O3. The van der Waals surface area contributed by atoms with E-state index in [0.29, 0.717) is 6.07 Å². The van der Waals surface area contributed by atoms with Crippen LogP contribution >= 0.6 is 0 Å². The van der Waals surface area contributed by atoms with E-state index in [9.17, 15) is 22.4 Å².